The van der Waals surface area contributed by atoms with Crippen molar-refractivity contribution in [3.05, 3.63) is 64.4 Å². The SMILES string of the molecule is CC(c1cccc(Br)c1)n1cnc2cc(C(=O)O)ccc21. The zero-order valence-corrected chi connectivity index (χ0v) is 12.9. The van der Waals surface area contributed by atoms with Gasteiger partial charge in [0.2, 0.25) is 0 Å². The summed E-state index contributed by atoms with van der Waals surface area (Å²) >= 11 is 3.48. The van der Waals surface area contributed by atoms with Crippen LogP contribution < -0.4 is 0 Å². The molecule has 21 heavy (non-hydrogen) atoms. The van der Waals surface area contributed by atoms with E-state index in [9.17, 15) is 4.79 Å². The van der Waals surface area contributed by atoms with Gasteiger partial charge in [0.25, 0.3) is 0 Å². The molecule has 0 radical (unpaired) electrons. The maximum Gasteiger partial charge on any atom is 0.335 e. The summed E-state index contributed by atoms with van der Waals surface area (Å²) < 4.78 is 3.08. The van der Waals surface area contributed by atoms with Crippen LogP contribution in [0.2, 0.25) is 0 Å². The Balaban J connectivity index is 2.06. The Hall–Kier alpha value is -2.14. The fourth-order valence-corrected chi connectivity index (χ4v) is 2.82. The smallest absolute Gasteiger partial charge is 0.335 e. The molecule has 5 heteroatoms. The largest absolute Gasteiger partial charge is 0.478 e. The van der Waals surface area contributed by atoms with Crippen LogP contribution in [0.1, 0.15) is 28.9 Å². The number of nitrogens with zero attached hydrogens (tertiary/aromatic N) is 2. The van der Waals surface area contributed by atoms with Crippen molar-refractivity contribution in [3.63, 3.8) is 0 Å². The second-order valence-electron chi connectivity index (χ2n) is 4.89. The minimum absolute atomic E-state index is 0.114. The molecule has 1 unspecified atom stereocenters. The molecule has 0 bridgehead atoms. The number of hydrogen-bond acceptors (Lipinski definition) is 2. The molecule has 1 atom stereocenters. The molecule has 0 amide bonds. The van der Waals surface area contributed by atoms with E-state index in [4.69, 9.17) is 5.11 Å². The Morgan fingerprint density at radius 2 is 2.10 bits per heavy atom. The predicted octanol–water partition coefficient (Wildman–Crippen LogP) is 4.11. The topological polar surface area (TPSA) is 55.1 Å². The van der Waals surface area contributed by atoms with Crippen LogP contribution >= 0.6 is 15.9 Å². The van der Waals surface area contributed by atoms with Crippen molar-refractivity contribution in [1.29, 1.82) is 0 Å². The number of benzene rings is 2. The molecule has 0 fully saturated rings. The molecule has 0 aliphatic rings. The van der Waals surface area contributed by atoms with E-state index in [0.29, 0.717) is 5.52 Å². The van der Waals surface area contributed by atoms with E-state index >= 15 is 0 Å². The zero-order chi connectivity index (χ0) is 15.0. The van der Waals surface area contributed by atoms with Gasteiger partial charge in [-0.05, 0) is 42.8 Å². The molecular formula is C16H13BrN2O2. The summed E-state index contributed by atoms with van der Waals surface area (Å²) in [6.07, 6.45) is 1.75. The molecule has 3 aromatic rings. The van der Waals surface area contributed by atoms with Gasteiger partial charge in [-0.2, -0.15) is 0 Å². The highest BCUT2D eigenvalue weighted by Gasteiger charge is 2.13. The average molecular weight is 345 g/mol. The Morgan fingerprint density at radius 1 is 1.29 bits per heavy atom. The lowest BCUT2D eigenvalue weighted by atomic mass is 10.1. The average Bonchev–Trinajstić information content (AvgIpc) is 2.89. The van der Waals surface area contributed by atoms with Crippen molar-refractivity contribution >= 4 is 32.9 Å². The number of carboxylic acid groups (broad SMARTS) is 1. The first kappa shape index (κ1) is 13.8. The number of carbonyl (C=O) groups is 1. The summed E-state index contributed by atoms with van der Waals surface area (Å²) in [7, 11) is 0. The van der Waals surface area contributed by atoms with Gasteiger partial charge in [-0.25, -0.2) is 9.78 Å². The third-order valence-electron chi connectivity index (χ3n) is 3.57. The van der Waals surface area contributed by atoms with Gasteiger partial charge in [0, 0.05) is 4.47 Å². The second kappa shape index (κ2) is 5.33. The molecule has 0 spiro atoms. The van der Waals surface area contributed by atoms with Crippen molar-refractivity contribution < 1.29 is 9.90 Å². The maximum absolute atomic E-state index is 11.0. The Bertz CT molecular complexity index is 826. The Labute approximate surface area is 130 Å². The number of aromatic nitrogens is 2. The van der Waals surface area contributed by atoms with Gasteiger partial charge >= 0.3 is 5.97 Å². The third kappa shape index (κ3) is 2.56. The van der Waals surface area contributed by atoms with Crippen LogP contribution in [-0.4, -0.2) is 20.6 Å². The third-order valence-corrected chi connectivity index (χ3v) is 4.06. The van der Waals surface area contributed by atoms with Crippen molar-refractivity contribution in [2.24, 2.45) is 0 Å². The van der Waals surface area contributed by atoms with Gasteiger partial charge in [0.05, 0.1) is 29.0 Å². The molecule has 0 aliphatic heterocycles. The van der Waals surface area contributed by atoms with Gasteiger partial charge in [-0.3, -0.25) is 0 Å². The van der Waals surface area contributed by atoms with Gasteiger partial charge in [-0.15, -0.1) is 0 Å². The first-order chi connectivity index (χ1) is 10.1. The highest BCUT2D eigenvalue weighted by Crippen LogP contribution is 2.25. The Kier molecular flexibility index (Phi) is 3.51. The van der Waals surface area contributed by atoms with E-state index < -0.39 is 5.97 Å². The first-order valence-electron chi connectivity index (χ1n) is 6.51. The second-order valence-corrected chi connectivity index (χ2v) is 5.81. The van der Waals surface area contributed by atoms with Crippen LogP contribution in [0.15, 0.2) is 53.3 Å². The quantitative estimate of drug-likeness (QED) is 0.777. The Morgan fingerprint density at radius 3 is 2.81 bits per heavy atom. The molecule has 3 rings (SSSR count). The zero-order valence-electron chi connectivity index (χ0n) is 11.3. The van der Waals surface area contributed by atoms with Crippen LogP contribution in [0.25, 0.3) is 11.0 Å². The molecule has 0 saturated heterocycles. The van der Waals surface area contributed by atoms with Crippen molar-refractivity contribution in [2.75, 3.05) is 0 Å². The molecule has 0 saturated carbocycles. The van der Waals surface area contributed by atoms with E-state index in [0.717, 1.165) is 15.6 Å². The van der Waals surface area contributed by atoms with Gasteiger partial charge in [-0.1, -0.05) is 28.1 Å². The highest BCUT2D eigenvalue weighted by molar-refractivity contribution is 9.10. The van der Waals surface area contributed by atoms with Crippen molar-refractivity contribution in [2.45, 2.75) is 13.0 Å². The molecular weight excluding hydrogens is 332 g/mol. The molecule has 106 valence electrons. The minimum Gasteiger partial charge on any atom is -0.478 e. The number of fused-ring (bicyclic) bond motifs is 1. The summed E-state index contributed by atoms with van der Waals surface area (Å²) in [5, 5.41) is 9.03. The molecule has 1 N–H and O–H groups in total. The lowest BCUT2D eigenvalue weighted by Gasteiger charge is -2.15. The number of hydrogen-bond donors (Lipinski definition) is 1. The van der Waals surface area contributed by atoms with Crippen LogP contribution in [0.3, 0.4) is 0 Å². The van der Waals surface area contributed by atoms with E-state index in [-0.39, 0.29) is 11.6 Å². The first-order valence-corrected chi connectivity index (χ1v) is 7.31. The predicted molar refractivity (Wildman–Crippen MR) is 84.6 cm³/mol. The highest BCUT2D eigenvalue weighted by atomic mass is 79.9. The number of aromatic carboxylic acids is 1. The van der Waals surface area contributed by atoms with E-state index in [1.54, 1.807) is 24.5 Å². The van der Waals surface area contributed by atoms with Crippen molar-refractivity contribution in [3.8, 4) is 0 Å². The number of rotatable bonds is 3. The molecule has 1 heterocycles. The molecule has 1 aromatic heterocycles. The number of imidazole rings is 1. The van der Waals surface area contributed by atoms with Crippen molar-refractivity contribution in [1.82, 2.24) is 9.55 Å². The molecule has 0 aliphatic carbocycles. The summed E-state index contributed by atoms with van der Waals surface area (Å²) in [6, 6.07) is 13.2. The lowest BCUT2D eigenvalue weighted by Crippen LogP contribution is -2.05. The fourth-order valence-electron chi connectivity index (χ4n) is 2.40. The lowest BCUT2D eigenvalue weighted by molar-refractivity contribution is 0.0697. The molecule has 4 nitrogen and oxygen atoms in total. The van der Waals surface area contributed by atoms with E-state index in [2.05, 4.69) is 40.0 Å². The number of carboxylic acids is 1. The van der Waals surface area contributed by atoms with Crippen LogP contribution in [0.5, 0.6) is 0 Å². The number of halogens is 1. The summed E-state index contributed by atoms with van der Waals surface area (Å²) in [5.41, 5.74) is 3.03. The van der Waals surface area contributed by atoms with Gasteiger partial charge in [0.1, 0.15) is 0 Å². The van der Waals surface area contributed by atoms with Crippen LogP contribution in [-0.2, 0) is 0 Å². The summed E-state index contributed by atoms with van der Waals surface area (Å²) in [6.45, 7) is 2.09. The van der Waals surface area contributed by atoms with Gasteiger partial charge < -0.3 is 9.67 Å². The van der Waals surface area contributed by atoms with Gasteiger partial charge in [0.15, 0.2) is 0 Å². The van der Waals surface area contributed by atoms with Crippen LogP contribution in [0, 0.1) is 0 Å². The fraction of sp³-hybridized carbons (Fsp3) is 0.125. The van der Waals surface area contributed by atoms with Crippen LogP contribution in [0.4, 0.5) is 0 Å². The van der Waals surface area contributed by atoms with E-state index in [1.807, 2.05) is 16.7 Å². The maximum atomic E-state index is 11.0. The minimum atomic E-state index is -0.938. The standard InChI is InChI=1S/C16H13BrN2O2/c1-10(11-3-2-4-13(17)7-11)19-9-18-14-8-12(16(20)21)5-6-15(14)19/h2-10H,1H3,(H,20,21). The van der Waals surface area contributed by atoms with E-state index in [1.165, 1.54) is 0 Å². The molecule has 2 aromatic carbocycles. The summed E-state index contributed by atoms with van der Waals surface area (Å²) in [4.78, 5) is 15.3. The summed E-state index contributed by atoms with van der Waals surface area (Å²) in [5.74, 6) is -0.938. The monoisotopic (exact) mass is 344 g/mol. The normalized spacial score (nSPS) is 12.5.